The molecule has 0 aliphatic heterocycles. The van der Waals surface area contributed by atoms with E-state index in [0.717, 1.165) is 12.0 Å². The zero-order chi connectivity index (χ0) is 17.5. The molecule has 7 heteroatoms. The summed E-state index contributed by atoms with van der Waals surface area (Å²) in [5.74, 6) is -1.02. The number of methoxy groups -OCH3 is 1. The highest BCUT2D eigenvalue weighted by Gasteiger charge is 2.29. The summed E-state index contributed by atoms with van der Waals surface area (Å²) >= 11 is 0. The number of hydrogen-bond donors (Lipinski definition) is 3. The molecule has 4 N–H and O–H groups in total. The zero-order valence-corrected chi connectivity index (χ0v) is 15.2. The third-order valence-electron chi connectivity index (χ3n) is 3.75. The smallest absolute Gasteiger partial charge is 0.310 e. The van der Waals surface area contributed by atoms with E-state index in [0.29, 0.717) is 12.8 Å². The maximum atomic E-state index is 12.1. The number of benzene rings is 1. The van der Waals surface area contributed by atoms with Crippen LogP contribution in [0, 0.1) is 5.92 Å². The quantitative estimate of drug-likeness (QED) is 0.615. The summed E-state index contributed by atoms with van der Waals surface area (Å²) in [5.41, 5.74) is 5.90. The van der Waals surface area contributed by atoms with Crippen LogP contribution in [-0.2, 0) is 20.7 Å². The fourth-order valence-electron chi connectivity index (χ4n) is 2.37. The van der Waals surface area contributed by atoms with E-state index < -0.39 is 17.4 Å². The van der Waals surface area contributed by atoms with Gasteiger partial charge in [0, 0.05) is 6.54 Å². The average molecular weight is 359 g/mol. The maximum Gasteiger partial charge on any atom is 0.310 e. The number of halogens is 1. The molecule has 24 heavy (non-hydrogen) atoms. The fourth-order valence-corrected chi connectivity index (χ4v) is 2.37. The van der Waals surface area contributed by atoms with Gasteiger partial charge in [-0.2, -0.15) is 0 Å². The lowest BCUT2D eigenvalue weighted by Gasteiger charge is -2.24. The highest BCUT2D eigenvalue weighted by molar-refractivity contribution is 5.86. The lowest BCUT2D eigenvalue weighted by atomic mass is 9.95. The van der Waals surface area contributed by atoms with E-state index in [2.05, 4.69) is 5.32 Å². The Hall–Kier alpha value is -1.79. The second kappa shape index (κ2) is 10.2. The number of ether oxygens (including phenoxy) is 1. The topological polar surface area (TPSA) is 102 Å². The van der Waals surface area contributed by atoms with Gasteiger partial charge in [-0.05, 0) is 37.5 Å². The van der Waals surface area contributed by atoms with Gasteiger partial charge < -0.3 is 20.9 Å². The van der Waals surface area contributed by atoms with Crippen LogP contribution < -0.4 is 11.1 Å². The summed E-state index contributed by atoms with van der Waals surface area (Å²) in [4.78, 5) is 24.1. The predicted molar refractivity (Wildman–Crippen MR) is 95.1 cm³/mol. The van der Waals surface area contributed by atoms with Crippen molar-refractivity contribution < 1.29 is 19.4 Å². The number of nitrogens with one attached hydrogen (secondary N) is 1. The normalized spacial score (nSPS) is 14.0. The van der Waals surface area contributed by atoms with Gasteiger partial charge in [-0.3, -0.25) is 9.59 Å². The van der Waals surface area contributed by atoms with Gasteiger partial charge in [-0.15, -0.1) is 12.4 Å². The van der Waals surface area contributed by atoms with Gasteiger partial charge in [0.15, 0.2) is 0 Å². The predicted octanol–water partition coefficient (Wildman–Crippen LogP) is 1.78. The Labute approximate surface area is 149 Å². The van der Waals surface area contributed by atoms with Crippen molar-refractivity contribution in [2.75, 3.05) is 13.7 Å². The van der Waals surface area contributed by atoms with Crippen molar-refractivity contribution in [3.63, 3.8) is 0 Å². The first-order valence-electron chi connectivity index (χ1n) is 7.73. The molecule has 0 saturated carbocycles. The van der Waals surface area contributed by atoms with Gasteiger partial charge in [0.05, 0.1) is 18.6 Å². The zero-order valence-electron chi connectivity index (χ0n) is 14.4. The Morgan fingerprint density at radius 1 is 1.33 bits per heavy atom. The molecule has 1 rings (SSSR count). The molecular formula is C17H27ClN2O4. The lowest BCUT2D eigenvalue weighted by Crippen LogP contribution is -2.52. The summed E-state index contributed by atoms with van der Waals surface area (Å²) in [5, 5.41) is 12.0. The van der Waals surface area contributed by atoms with Gasteiger partial charge >= 0.3 is 5.97 Å². The average Bonchev–Trinajstić information content (AvgIpc) is 2.52. The third kappa shape index (κ3) is 6.76. The molecule has 0 spiro atoms. The number of hydrogen-bond acceptors (Lipinski definition) is 5. The highest BCUT2D eigenvalue weighted by atomic mass is 35.5. The van der Waals surface area contributed by atoms with Crippen LogP contribution in [0.2, 0.25) is 0 Å². The Morgan fingerprint density at radius 2 is 1.92 bits per heavy atom. The molecule has 0 bridgehead atoms. The molecule has 1 amide bonds. The summed E-state index contributed by atoms with van der Waals surface area (Å²) in [6.45, 7) is 3.79. The minimum absolute atomic E-state index is 0. The molecule has 2 unspecified atom stereocenters. The van der Waals surface area contributed by atoms with E-state index in [4.69, 9.17) is 10.5 Å². The molecule has 0 radical (unpaired) electrons. The maximum absolute atomic E-state index is 12.1. The Balaban J connectivity index is 0.00000529. The number of phenolic OH excluding ortho intramolecular Hbond substituents is 1. The van der Waals surface area contributed by atoms with Gasteiger partial charge in [-0.1, -0.05) is 25.5 Å². The van der Waals surface area contributed by atoms with Crippen molar-refractivity contribution in [1.29, 1.82) is 0 Å². The number of carbonyl (C=O) groups is 2. The molecule has 0 aliphatic carbocycles. The molecule has 1 aromatic carbocycles. The first kappa shape index (κ1) is 22.2. The summed E-state index contributed by atoms with van der Waals surface area (Å²) in [6.07, 6.45) is 1.77. The summed E-state index contributed by atoms with van der Waals surface area (Å²) in [7, 11) is 1.32. The number of aromatic hydroxyl groups is 1. The third-order valence-corrected chi connectivity index (χ3v) is 3.75. The van der Waals surface area contributed by atoms with Gasteiger partial charge in [0.2, 0.25) is 5.91 Å². The van der Waals surface area contributed by atoms with Crippen molar-refractivity contribution in [3.8, 4) is 5.75 Å². The molecule has 0 aliphatic rings. The Bertz CT molecular complexity index is 532. The van der Waals surface area contributed by atoms with Crippen molar-refractivity contribution in [2.24, 2.45) is 11.7 Å². The van der Waals surface area contributed by atoms with Gasteiger partial charge in [0.1, 0.15) is 5.75 Å². The van der Waals surface area contributed by atoms with Crippen LogP contribution >= 0.6 is 12.4 Å². The van der Waals surface area contributed by atoms with E-state index in [1.54, 1.807) is 31.2 Å². The molecule has 136 valence electrons. The highest BCUT2D eigenvalue weighted by Crippen LogP contribution is 2.15. The second-order valence-corrected chi connectivity index (χ2v) is 5.97. The van der Waals surface area contributed by atoms with E-state index >= 15 is 0 Å². The van der Waals surface area contributed by atoms with Gasteiger partial charge in [-0.25, -0.2) is 0 Å². The molecule has 0 heterocycles. The Kier molecular flexibility index (Phi) is 9.40. The number of rotatable bonds is 8. The minimum atomic E-state index is -0.950. The first-order valence-corrected chi connectivity index (χ1v) is 7.73. The SMILES string of the molecule is CCCC(C)(N)C(=O)NCC(Cc1ccc(O)cc1)C(=O)OC.Cl. The lowest BCUT2D eigenvalue weighted by molar-refractivity contribution is -0.145. The van der Waals surface area contributed by atoms with Crippen LogP contribution in [-0.4, -0.2) is 36.2 Å². The molecule has 2 atom stereocenters. The van der Waals surface area contributed by atoms with E-state index in [1.165, 1.54) is 7.11 Å². The number of phenols is 1. The van der Waals surface area contributed by atoms with Crippen LogP contribution in [0.1, 0.15) is 32.3 Å². The van der Waals surface area contributed by atoms with Gasteiger partial charge in [0.25, 0.3) is 0 Å². The van der Waals surface area contributed by atoms with Crippen molar-refractivity contribution in [1.82, 2.24) is 5.32 Å². The number of nitrogens with two attached hydrogens (primary N) is 1. The van der Waals surface area contributed by atoms with Crippen LogP contribution in [0.15, 0.2) is 24.3 Å². The summed E-state index contributed by atoms with van der Waals surface area (Å²) < 4.78 is 4.80. The Morgan fingerprint density at radius 3 is 2.42 bits per heavy atom. The van der Waals surface area contributed by atoms with Crippen molar-refractivity contribution in [2.45, 2.75) is 38.6 Å². The fraction of sp³-hybridized carbons (Fsp3) is 0.529. The first-order chi connectivity index (χ1) is 10.8. The van der Waals surface area contributed by atoms with Crippen LogP contribution in [0.5, 0.6) is 5.75 Å². The van der Waals surface area contributed by atoms with Crippen molar-refractivity contribution >= 4 is 24.3 Å². The molecular weight excluding hydrogens is 332 g/mol. The van der Waals surface area contributed by atoms with E-state index in [9.17, 15) is 14.7 Å². The molecule has 0 saturated heterocycles. The standard InChI is InChI=1S/C17H26N2O4.ClH/c1-4-9-17(2,18)16(22)19-11-13(15(21)23-3)10-12-5-7-14(20)8-6-12;/h5-8,13,20H,4,9-11,18H2,1-3H3,(H,19,22);1H. The minimum Gasteiger partial charge on any atom is -0.508 e. The molecule has 0 aromatic heterocycles. The number of carbonyl (C=O) groups excluding carboxylic acids is 2. The molecule has 0 fully saturated rings. The van der Waals surface area contributed by atoms with Crippen LogP contribution in [0.3, 0.4) is 0 Å². The van der Waals surface area contributed by atoms with Crippen molar-refractivity contribution in [3.05, 3.63) is 29.8 Å². The number of amides is 1. The van der Waals surface area contributed by atoms with Crippen LogP contribution in [0.25, 0.3) is 0 Å². The monoisotopic (exact) mass is 358 g/mol. The number of esters is 1. The summed E-state index contributed by atoms with van der Waals surface area (Å²) in [6, 6.07) is 6.58. The van der Waals surface area contributed by atoms with E-state index in [-0.39, 0.29) is 30.6 Å². The largest absolute Gasteiger partial charge is 0.508 e. The van der Waals surface area contributed by atoms with Crippen LogP contribution in [0.4, 0.5) is 0 Å². The van der Waals surface area contributed by atoms with E-state index in [1.807, 2.05) is 6.92 Å². The molecule has 1 aromatic rings. The molecule has 6 nitrogen and oxygen atoms in total. The second-order valence-electron chi connectivity index (χ2n) is 5.97.